The predicted molar refractivity (Wildman–Crippen MR) is 175 cm³/mol. The van der Waals surface area contributed by atoms with Crippen LogP contribution in [0.15, 0.2) is 131 Å². The van der Waals surface area contributed by atoms with Gasteiger partial charge >= 0.3 is 0 Å². The Bertz CT molecular complexity index is 1840. The Balaban J connectivity index is 1.59. The molecule has 1 aliphatic rings. The molecule has 0 radical (unpaired) electrons. The van der Waals surface area contributed by atoms with Gasteiger partial charge in [0.25, 0.3) is 0 Å². The van der Waals surface area contributed by atoms with Gasteiger partial charge in [0.15, 0.2) is 5.84 Å². The van der Waals surface area contributed by atoms with Gasteiger partial charge in [-0.15, -0.1) is 0 Å². The topological polar surface area (TPSA) is 37.6 Å². The Morgan fingerprint density at radius 3 is 2.39 bits per heavy atom. The van der Waals surface area contributed by atoms with Crippen LogP contribution in [0.2, 0.25) is 0 Å². The van der Waals surface area contributed by atoms with Crippen LogP contribution >= 0.6 is 0 Å². The van der Waals surface area contributed by atoms with Crippen molar-refractivity contribution in [3.8, 4) is 22.4 Å². The lowest BCUT2D eigenvalue weighted by Crippen LogP contribution is -1.99. The lowest BCUT2D eigenvalue weighted by molar-refractivity contribution is 0.970. The average Bonchev–Trinajstić information content (AvgIpc) is 3.41. The largest absolute Gasteiger partial charge is 0.251 e. The zero-order valence-corrected chi connectivity index (χ0v) is 23.6. The molecule has 0 spiro atoms. The third-order valence-electron chi connectivity index (χ3n) is 7.84. The molecule has 1 aromatic heterocycles. The van der Waals surface area contributed by atoms with Gasteiger partial charge in [-0.25, -0.2) is 9.98 Å². The lowest BCUT2D eigenvalue weighted by atomic mass is 9.91. The van der Waals surface area contributed by atoms with E-state index in [0.717, 1.165) is 47.5 Å². The second kappa shape index (κ2) is 11.7. The smallest absolute Gasteiger partial charge is 0.159 e. The van der Waals surface area contributed by atoms with E-state index in [1.807, 2.05) is 42.5 Å². The standard InChI is InChI=1S/C38H33N3/c1-4-14-26(5-2)23-24-27-18-13-21-32-35(27)37(40-34-25-29-17-9-10-19-30(29)36(32)34)31-20-11-12-22-33(31)41-38(39-3)28-15-7-6-8-16-28/h4-22H,3,23-25H2,1-2H3/b14-4-,26-5+,41-38?. The molecule has 3 heteroatoms. The molecule has 0 amide bonds. The molecule has 0 saturated carbocycles. The number of hydrogen-bond donors (Lipinski definition) is 0. The summed E-state index contributed by atoms with van der Waals surface area (Å²) in [6, 6.07) is 33.7. The fraction of sp³-hybridized carbons (Fsp3) is 0.132. The normalized spacial score (nSPS) is 13.0. The Labute approximate surface area is 242 Å². The third kappa shape index (κ3) is 5.07. The monoisotopic (exact) mass is 531 g/mol. The van der Waals surface area contributed by atoms with Gasteiger partial charge in [0, 0.05) is 28.5 Å². The fourth-order valence-corrected chi connectivity index (χ4v) is 5.90. The number of benzene rings is 4. The van der Waals surface area contributed by atoms with Crippen LogP contribution in [0.1, 0.15) is 42.7 Å². The lowest BCUT2D eigenvalue weighted by Gasteiger charge is -2.17. The van der Waals surface area contributed by atoms with Crippen LogP contribution < -0.4 is 0 Å². The van der Waals surface area contributed by atoms with Crippen molar-refractivity contribution in [3.05, 3.63) is 143 Å². The second-order valence-electron chi connectivity index (χ2n) is 10.3. The van der Waals surface area contributed by atoms with Gasteiger partial charge < -0.3 is 0 Å². The van der Waals surface area contributed by atoms with Crippen molar-refractivity contribution in [2.75, 3.05) is 0 Å². The Kier molecular flexibility index (Phi) is 7.51. The quantitative estimate of drug-likeness (QED) is 0.115. The van der Waals surface area contributed by atoms with E-state index in [4.69, 9.17) is 9.98 Å². The highest BCUT2D eigenvalue weighted by atomic mass is 14.9. The van der Waals surface area contributed by atoms with Crippen LogP contribution in [0.5, 0.6) is 0 Å². The van der Waals surface area contributed by atoms with Crippen LogP contribution in [0, 0.1) is 0 Å². The summed E-state index contributed by atoms with van der Waals surface area (Å²) in [4.78, 5) is 14.8. The van der Waals surface area contributed by atoms with E-state index in [1.54, 1.807) is 0 Å². The molecule has 4 aromatic carbocycles. The van der Waals surface area contributed by atoms with Gasteiger partial charge in [-0.3, -0.25) is 4.98 Å². The zero-order chi connectivity index (χ0) is 28.2. The summed E-state index contributed by atoms with van der Waals surface area (Å²) in [6.45, 7) is 8.01. The van der Waals surface area contributed by atoms with E-state index >= 15 is 0 Å². The number of nitrogens with zero attached hydrogens (tertiary/aromatic N) is 3. The van der Waals surface area contributed by atoms with Crippen LogP contribution in [0.3, 0.4) is 0 Å². The first-order valence-corrected chi connectivity index (χ1v) is 14.2. The molecule has 0 aliphatic heterocycles. The minimum Gasteiger partial charge on any atom is -0.251 e. The first-order valence-electron chi connectivity index (χ1n) is 14.2. The van der Waals surface area contributed by atoms with Crippen molar-refractivity contribution in [2.45, 2.75) is 33.1 Å². The van der Waals surface area contributed by atoms with Crippen molar-refractivity contribution in [3.63, 3.8) is 0 Å². The van der Waals surface area contributed by atoms with Crippen LogP contribution in [0.25, 0.3) is 33.2 Å². The molecule has 0 atom stereocenters. The molecule has 3 nitrogen and oxygen atoms in total. The Morgan fingerprint density at radius 2 is 1.61 bits per heavy atom. The van der Waals surface area contributed by atoms with Crippen molar-refractivity contribution in [1.82, 2.24) is 4.98 Å². The van der Waals surface area contributed by atoms with Gasteiger partial charge in [0.05, 0.1) is 17.1 Å². The van der Waals surface area contributed by atoms with Gasteiger partial charge in [0.1, 0.15) is 0 Å². The number of aryl methyl sites for hydroxylation is 1. The Hall–Kier alpha value is -4.89. The highest BCUT2D eigenvalue weighted by molar-refractivity contribution is 6.09. The minimum atomic E-state index is 0.597. The van der Waals surface area contributed by atoms with Crippen LogP contribution in [-0.2, 0) is 12.8 Å². The van der Waals surface area contributed by atoms with Crippen molar-refractivity contribution < 1.29 is 0 Å². The molecule has 0 N–H and O–H groups in total. The fourth-order valence-electron chi connectivity index (χ4n) is 5.90. The van der Waals surface area contributed by atoms with Gasteiger partial charge in [-0.2, -0.15) is 0 Å². The SMILES string of the molecule is C=NC(=Nc1ccccc1-c1nc2c(c3cccc(CCC(/C=C\C)=C/C)c13)-c1ccccc1C2)c1ccccc1. The van der Waals surface area contributed by atoms with E-state index < -0.39 is 0 Å². The molecular weight excluding hydrogens is 498 g/mol. The molecule has 5 aromatic rings. The number of fused-ring (bicyclic) bond motifs is 5. The summed E-state index contributed by atoms with van der Waals surface area (Å²) in [7, 11) is 0. The number of aromatic nitrogens is 1. The van der Waals surface area contributed by atoms with E-state index in [1.165, 1.54) is 38.6 Å². The van der Waals surface area contributed by atoms with Gasteiger partial charge in [-0.05, 0) is 61.5 Å². The number of rotatable bonds is 7. The highest BCUT2D eigenvalue weighted by Crippen LogP contribution is 2.45. The van der Waals surface area contributed by atoms with E-state index in [-0.39, 0.29) is 0 Å². The maximum atomic E-state index is 5.43. The van der Waals surface area contributed by atoms with Crippen molar-refractivity contribution in [1.29, 1.82) is 0 Å². The molecule has 0 fully saturated rings. The Morgan fingerprint density at radius 1 is 0.854 bits per heavy atom. The van der Waals surface area contributed by atoms with Gasteiger partial charge in [-0.1, -0.05) is 115 Å². The summed E-state index contributed by atoms with van der Waals surface area (Å²) in [5, 5.41) is 2.46. The number of para-hydroxylation sites is 1. The number of allylic oxidation sites excluding steroid dienone is 4. The molecule has 0 bridgehead atoms. The number of amidine groups is 1. The summed E-state index contributed by atoms with van der Waals surface area (Å²) in [5.74, 6) is 0.597. The van der Waals surface area contributed by atoms with Gasteiger partial charge in [0.2, 0.25) is 0 Å². The van der Waals surface area contributed by atoms with E-state index in [0.29, 0.717) is 5.84 Å². The molecule has 41 heavy (non-hydrogen) atoms. The molecule has 1 aliphatic carbocycles. The minimum absolute atomic E-state index is 0.597. The van der Waals surface area contributed by atoms with Crippen molar-refractivity contribution >= 4 is 29.0 Å². The number of pyridine rings is 1. The second-order valence-corrected chi connectivity index (χ2v) is 10.3. The summed E-state index contributed by atoms with van der Waals surface area (Å²) >= 11 is 0. The first-order chi connectivity index (χ1) is 20.2. The maximum absolute atomic E-state index is 5.43. The summed E-state index contributed by atoms with van der Waals surface area (Å²) < 4.78 is 0. The highest BCUT2D eigenvalue weighted by Gasteiger charge is 2.26. The summed E-state index contributed by atoms with van der Waals surface area (Å²) in [6.07, 6.45) is 9.24. The molecule has 0 unspecified atom stereocenters. The molecule has 200 valence electrons. The molecule has 0 saturated heterocycles. The third-order valence-corrected chi connectivity index (χ3v) is 7.84. The molecule has 1 heterocycles. The number of aliphatic imine (C=N–C) groups is 2. The molecular formula is C38H33N3. The van der Waals surface area contributed by atoms with Crippen molar-refractivity contribution in [2.24, 2.45) is 9.98 Å². The average molecular weight is 532 g/mol. The maximum Gasteiger partial charge on any atom is 0.159 e. The van der Waals surface area contributed by atoms with Crippen LogP contribution in [0.4, 0.5) is 5.69 Å². The predicted octanol–water partition coefficient (Wildman–Crippen LogP) is 9.71. The zero-order valence-electron chi connectivity index (χ0n) is 23.6. The van der Waals surface area contributed by atoms with E-state index in [2.05, 4.69) is 98.4 Å². The van der Waals surface area contributed by atoms with Crippen LogP contribution in [-0.4, -0.2) is 17.5 Å². The summed E-state index contributed by atoms with van der Waals surface area (Å²) in [5.41, 5.74) is 11.4. The first kappa shape index (κ1) is 26.3. The molecule has 6 rings (SSSR count). The van der Waals surface area contributed by atoms with E-state index in [9.17, 15) is 0 Å². The number of hydrogen-bond acceptors (Lipinski definition) is 2.